The number of ether oxygens (including phenoxy) is 1. The molecule has 2 N–H and O–H groups in total. The van der Waals surface area contributed by atoms with Gasteiger partial charge in [-0.3, -0.25) is 9.69 Å². The number of carbonyl (C=O) groups excluding carboxylic acids is 1. The van der Waals surface area contributed by atoms with E-state index in [0.717, 1.165) is 18.4 Å². The number of fused-ring (bicyclic) bond motifs is 3. The second-order valence-corrected chi connectivity index (χ2v) is 5.62. The van der Waals surface area contributed by atoms with E-state index in [2.05, 4.69) is 11.9 Å². The fourth-order valence-corrected chi connectivity index (χ4v) is 3.62. The number of nitrogens with zero attached hydrogens (tertiary/aromatic N) is 1. The second-order valence-electron chi connectivity index (χ2n) is 5.62. The van der Waals surface area contributed by atoms with Gasteiger partial charge in [-0.25, -0.2) is 0 Å². The van der Waals surface area contributed by atoms with Gasteiger partial charge >= 0.3 is 0 Å². The van der Waals surface area contributed by atoms with Crippen molar-refractivity contribution in [1.82, 2.24) is 4.90 Å². The largest absolute Gasteiger partial charge is 0.495 e. The molecular formula is C15H20N2O2. The normalized spacial score (nSPS) is 30.6. The van der Waals surface area contributed by atoms with Crippen LogP contribution in [-0.4, -0.2) is 30.9 Å². The van der Waals surface area contributed by atoms with Crippen LogP contribution in [0.3, 0.4) is 0 Å². The molecule has 2 heterocycles. The monoisotopic (exact) mass is 260 g/mol. The van der Waals surface area contributed by atoms with Crippen LogP contribution in [0.4, 0.5) is 5.69 Å². The van der Waals surface area contributed by atoms with Crippen molar-refractivity contribution >= 4 is 11.5 Å². The number of Topliss-reactive ketones (excluding diaryl/α,β-unsaturated/α-hetero) is 1. The number of rotatable bonds is 2. The Morgan fingerprint density at radius 3 is 2.79 bits per heavy atom. The smallest absolute Gasteiger partial charge is 0.141 e. The zero-order chi connectivity index (χ0) is 13.6. The Kier molecular flexibility index (Phi) is 2.97. The first kappa shape index (κ1) is 12.5. The number of nitrogen functional groups attached to an aromatic ring is 1. The summed E-state index contributed by atoms with van der Waals surface area (Å²) in [6, 6.07) is 6.45. The Morgan fingerprint density at radius 1 is 1.37 bits per heavy atom. The quantitative estimate of drug-likeness (QED) is 0.826. The van der Waals surface area contributed by atoms with E-state index in [1.165, 1.54) is 0 Å². The summed E-state index contributed by atoms with van der Waals surface area (Å²) in [5, 5.41) is 0. The van der Waals surface area contributed by atoms with Gasteiger partial charge in [0.15, 0.2) is 0 Å². The van der Waals surface area contributed by atoms with Gasteiger partial charge in [-0.05, 0) is 37.6 Å². The third-order valence-electron chi connectivity index (χ3n) is 4.65. The van der Waals surface area contributed by atoms with Gasteiger partial charge in [0.25, 0.3) is 0 Å². The number of ketones is 1. The van der Waals surface area contributed by atoms with Gasteiger partial charge in [0, 0.05) is 24.4 Å². The lowest BCUT2D eigenvalue weighted by Crippen LogP contribution is -2.52. The highest BCUT2D eigenvalue weighted by Crippen LogP contribution is 2.45. The molecule has 1 aromatic rings. The molecule has 19 heavy (non-hydrogen) atoms. The van der Waals surface area contributed by atoms with Crippen LogP contribution in [0.15, 0.2) is 18.2 Å². The Labute approximate surface area is 113 Å². The van der Waals surface area contributed by atoms with E-state index in [-0.39, 0.29) is 12.0 Å². The predicted molar refractivity (Wildman–Crippen MR) is 74.0 cm³/mol. The van der Waals surface area contributed by atoms with Crippen molar-refractivity contribution < 1.29 is 9.53 Å². The third-order valence-corrected chi connectivity index (χ3v) is 4.65. The van der Waals surface area contributed by atoms with E-state index in [1.54, 1.807) is 7.11 Å². The number of hydrogen-bond donors (Lipinski definition) is 1. The Bertz CT molecular complexity index is 515. The van der Waals surface area contributed by atoms with Crippen LogP contribution in [0.2, 0.25) is 0 Å². The van der Waals surface area contributed by atoms with Gasteiger partial charge < -0.3 is 10.5 Å². The number of benzene rings is 1. The van der Waals surface area contributed by atoms with Gasteiger partial charge in [-0.15, -0.1) is 0 Å². The SMILES string of the molecule is COc1ccc(C2C3CCC(CC3=O)N2C)cc1N. The number of anilines is 1. The first-order chi connectivity index (χ1) is 9.11. The van der Waals surface area contributed by atoms with E-state index in [0.29, 0.717) is 29.7 Å². The standard InChI is InChI=1S/C15H20N2O2/c1-17-10-4-5-11(13(18)8-10)15(17)9-3-6-14(19-2)12(16)7-9/h3,6-7,10-11,15H,4-5,8,16H2,1-2H3. The summed E-state index contributed by atoms with van der Waals surface area (Å²) < 4.78 is 5.19. The molecule has 1 aliphatic carbocycles. The second kappa shape index (κ2) is 4.53. The molecule has 2 aliphatic heterocycles. The number of piperidine rings is 2. The molecular weight excluding hydrogens is 240 g/mol. The van der Waals surface area contributed by atoms with Crippen molar-refractivity contribution in [2.45, 2.75) is 31.3 Å². The molecule has 0 spiro atoms. The van der Waals surface area contributed by atoms with E-state index >= 15 is 0 Å². The fraction of sp³-hybridized carbons (Fsp3) is 0.533. The first-order valence-electron chi connectivity index (χ1n) is 6.80. The summed E-state index contributed by atoms with van der Waals surface area (Å²) in [4.78, 5) is 14.5. The molecule has 0 radical (unpaired) electrons. The van der Waals surface area contributed by atoms with Gasteiger partial charge in [0.05, 0.1) is 12.8 Å². The van der Waals surface area contributed by atoms with Crippen molar-refractivity contribution in [2.75, 3.05) is 19.9 Å². The molecule has 4 rings (SSSR count). The molecule has 102 valence electrons. The lowest BCUT2D eigenvalue weighted by molar-refractivity contribution is -0.136. The summed E-state index contributed by atoms with van der Waals surface area (Å²) in [6.07, 6.45) is 2.85. The minimum Gasteiger partial charge on any atom is -0.495 e. The van der Waals surface area contributed by atoms with E-state index in [9.17, 15) is 4.79 Å². The van der Waals surface area contributed by atoms with Crippen LogP contribution in [0.5, 0.6) is 5.75 Å². The zero-order valence-electron chi connectivity index (χ0n) is 11.4. The maximum Gasteiger partial charge on any atom is 0.141 e. The summed E-state index contributed by atoms with van der Waals surface area (Å²) >= 11 is 0. The third kappa shape index (κ3) is 1.91. The van der Waals surface area contributed by atoms with Gasteiger partial charge in [-0.2, -0.15) is 0 Å². The van der Waals surface area contributed by atoms with Crippen LogP contribution in [0.25, 0.3) is 0 Å². The van der Waals surface area contributed by atoms with Crippen molar-refractivity contribution in [1.29, 1.82) is 0 Å². The molecule has 2 bridgehead atoms. The molecule has 1 saturated carbocycles. The average Bonchev–Trinajstić information content (AvgIpc) is 2.40. The van der Waals surface area contributed by atoms with Crippen LogP contribution in [0.1, 0.15) is 30.9 Å². The van der Waals surface area contributed by atoms with Crippen LogP contribution < -0.4 is 10.5 Å². The predicted octanol–water partition coefficient (Wildman–Crippen LogP) is 2.00. The lowest BCUT2D eigenvalue weighted by Gasteiger charge is -2.49. The number of hydrogen-bond acceptors (Lipinski definition) is 4. The fourth-order valence-electron chi connectivity index (χ4n) is 3.62. The molecule has 3 atom stereocenters. The van der Waals surface area contributed by atoms with Crippen LogP contribution in [0, 0.1) is 5.92 Å². The molecule has 4 nitrogen and oxygen atoms in total. The molecule has 3 unspecified atom stereocenters. The number of carbonyl (C=O) groups is 1. The Morgan fingerprint density at radius 2 is 2.16 bits per heavy atom. The summed E-state index contributed by atoms with van der Waals surface area (Å²) in [6.45, 7) is 0. The Hall–Kier alpha value is -1.55. The number of nitrogens with two attached hydrogens (primary N) is 1. The first-order valence-corrected chi connectivity index (χ1v) is 6.80. The molecule has 1 aromatic carbocycles. The van der Waals surface area contributed by atoms with Crippen molar-refractivity contribution in [3.8, 4) is 5.75 Å². The maximum atomic E-state index is 12.1. The topological polar surface area (TPSA) is 55.6 Å². The minimum absolute atomic E-state index is 0.128. The van der Waals surface area contributed by atoms with Crippen LogP contribution in [-0.2, 0) is 4.79 Å². The Balaban J connectivity index is 1.97. The van der Waals surface area contributed by atoms with E-state index < -0.39 is 0 Å². The molecule has 3 aliphatic rings. The zero-order valence-corrected chi connectivity index (χ0v) is 11.4. The molecule has 0 amide bonds. The highest BCUT2D eigenvalue weighted by atomic mass is 16.5. The highest BCUT2D eigenvalue weighted by molar-refractivity contribution is 5.84. The maximum absolute atomic E-state index is 12.1. The van der Waals surface area contributed by atoms with Gasteiger partial charge in [0.2, 0.25) is 0 Å². The highest BCUT2D eigenvalue weighted by Gasteiger charge is 2.45. The molecule has 2 saturated heterocycles. The van der Waals surface area contributed by atoms with E-state index in [4.69, 9.17) is 10.5 Å². The van der Waals surface area contributed by atoms with Crippen molar-refractivity contribution in [2.24, 2.45) is 5.92 Å². The molecule has 3 fully saturated rings. The summed E-state index contributed by atoms with van der Waals surface area (Å²) in [7, 11) is 3.73. The summed E-state index contributed by atoms with van der Waals surface area (Å²) in [5.74, 6) is 1.23. The van der Waals surface area contributed by atoms with Crippen LogP contribution >= 0.6 is 0 Å². The van der Waals surface area contributed by atoms with Crippen molar-refractivity contribution in [3.05, 3.63) is 23.8 Å². The molecule has 4 heteroatoms. The molecule has 0 aromatic heterocycles. The van der Waals surface area contributed by atoms with Crippen molar-refractivity contribution in [3.63, 3.8) is 0 Å². The van der Waals surface area contributed by atoms with Gasteiger partial charge in [-0.1, -0.05) is 6.07 Å². The lowest BCUT2D eigenvalue weighted by atomic mass is 9.72. The van der Waals surface area contributed by atoms with E-state index in [1.807, 2.05) is 18.2 Å². The minimum atomic E-state index is 0.128. The number of methoxy groups -OCH3 is 1. The van der Waals surface area contributed by atoms with Gasteiger partial charge in [0.1, 0.15) is 11.5 Å². The average molecular weight is 260 g/mol. The summed E-state index contributed by atoms with van der Waals surface area (Å²) in [5.41, 5.74) is 7.76.